The molecule has 0 aromatic heterocycles. The molecule has 2 rings (SSSR count). The van der Waals surface area contributed by atoms with Gasteiger partial charge in [-0.05, 0) is 44.6 Å². The van der Waals surface area contributed by atoms with Gasteiger partial charge in [-0.2, -0.15) is 5.26 Å². The monoisotopic (exact) mass is 192 g/mol. The molecule has 1 saturated carbocycles. The van der Waals surface area contributed by atoms with Crippen LogP contribution >= 0.6 is 0 Å². The molecule has 1 saturated heterocycles. The fourth-order valence-corrected chi connectivity index (χ4v) is 2.95. The molecule has 1 aliphatic heterocycles. The number of piperidine rings is 1. The van der Waals surface area contributed by atoms with E-state index < -0.39 is 0 Å². The molecular formula is C12H20N2. The van der Waals surface area contributed by atoms with Gasteiger partial charge in [-0.25, -0.2) is 0 Å². The highest BCUT2D eigenvalue weighted by Gasteiger charge is 2.38. The summed E-state index contributed by atoms with van der Waals surface area (Å²) in [6.07, 6.45) is 7.37. The van der Waals surface area contributed by atoms with Crippen LogP contribution in [0.5, 0.6) is 0 Å². The highest BCUT2D eigenvalue weighted by Crippen LogP contribution is 2.37. The van der Waals surface area contributed by atoms with E-state index in [1.54, 1.807) is 0 Å². The second-order valence-corrected chi connectivity index (χ2v) is 4.71. The number of nitrogens with zero attached hydrogens (tertiary/aromatic N) is 2. The van der Waals surface area contributed by atoms with Crippen LogP contribution in [0.15, 0.2) is 0 Å². The lowest BCUT2D eigenvalue weighted by Crippen LogP contribution is -2.46. The SMILES string of the molecule is CCC1C(CC#N)CCCN1C1CC1. The zero-order valence-electron chi connectivity index (χ0n) is 9.08. The van der Waals surface area contributed by atoms with Crippen molar-refractivity contribution in [1.29, 1.82) is 5.26 Å². The molecule has 2 heteroatoms. The van der Waals surface area contributed by atoms with Gasteiger partial charge in [0.25, 0.3) is 0 Å². The molecular weight excluding hydrogens is 172 g/mol. The summed E-state index contributed by atoms with van der Waals surface area (Å²) >= 11 is 0. The van der Waals surface area contributed by atoms with E-state index in [0.29, 0.717) is 12.0 Å². The van der Waals surface area contributed by atoms with Crippen molar-refractivity contribution < 1.29 is 0 Å². The van der Waals surface area contributed by atoms with Gasteiger partial charge in [0.1, 0.15) is 0 Å². The highest BCUT2D eigenvalue weighted by atomic mass is 15.2. The van der Waals surface area contributed by atoms with Crippen LogP contribution in [-0.4, -0.2) is 23.5 Å². The number of hydrogen-bond acceptors (Lipinski definition) is 2. The van der Waals surface area contributed by atoms with Crippen molar-refractivity contribution in [1.82, 2.24) is 4.90 Å². The molecule has 0 spiro atoms. The van der Waals surface area contributed by atoms with Gasteiger partial charge < -0.3 is 0 Å². The molecule has 0 bridgehead atoms. The first-order valence-electron chi connectivity index (χ1n) is 5.99. The van der Waals surface area contributed by atoms with Crippen LogP contribution in [0.1, 0.15) is 45.4 Å². The Morgan fingerprint density at radius 3 is 2.71 bits per heavy atom. The third-order valence-electron chi connectivity index (χ3n) is 3.75. The van der Waals surface area contributed by atoms with Crippen molar-refractivity contribution in [3.8, 4) is 6.07 Å². The third kappa shape index (κ3) is 1.93. The largest absolute Gasteiger partial charge is 0.297 e. The first kappa shape index (κ1) is 9.98. The molecule has 0 radical (unpaired) electrons. The molecule has 2 unspecified atom stereocenters. The smallest absolute Gasteiger partial charge is 0.0625 e. The Bertz CT molecular complexity index is 227. The van der Waals surface area contributed by atoms with Gasteiger partial charge in [0.2, 0.25) is 0 Å². The Kier molecular flexibility index (Phi) is 3.08. The summed E-state index contributed by atoms with van der Waals surface area (Å²) in [6, 6.07) is 3.94. The van der Waals surface area contributed by atoms with E-state index in [9.17, 15) is 0 Å². The lowest BCUT2D eigenvalue weighted by molar-refractivity contribution is 0.0834. The molecule has 1 heterocycles. The summed E-state index contributed by atoms with van der Waals surface area (Å²) < 4.78 is 0. The Morgan fingerprint density at radius 2 is 2.14 bits per heavy atom. The quantitative estimate of drug-likeness (QED) is 0.687. The molecule has 1 aliphatic carbocycles. The molecule has 2 nitrogen and oxygen atoms in total. The Labute approximate surface area is 86.9 Å². The number of rotatable bonds is 3. The molecule has 78 valence electrons. The van der Waals surface area contributed by atoms with Gasteiger partial charge in [-0.3, -0.25) is 4.90 Å². The molecule has 0 aromatic carbocycles. The molecule has 2 atom stereocenters. The molecule has 2 aliphatic rings. The first-order chi connectivity index (χ1) is 6.86. The molecule has 0 amide bonds. The molecule has 0 N–H and O–H groups in total. The molecule has 14 heavy (non-hydrogen) atoms. The van der Waals surface area contributed by atoms with E-state index in [1.165, 1.54) is 38.6 Å². The number of nitriles is 1. The van der Waals surface area contributed by atoms with Crippen molar-refractivity contribution in [2.75, 3.05) is 6.54 Å². The van der Waals surface area contributed by atoms with Crippen LogP contribution in [0.3, 0.4) is 0 Å². The summed E-state index contributed by atoms with van der Waals surface area (Å²) in [5.74, 6) is 0.652. The van der Waals surface area contributed by atoms with Gasteiger partial charge in [-0.1, -0.05) is 6.92 Å². The third-order valence-corrected chi connectivity index (χ3v) is 3.75. The van der Waals surface area contributed by atoms with Gasteiger partial charge >= 0.3 is 0 Å². The Morgan fingerprint density at radius 1 is 1.36 bits per heavy atom. The van der Waals surface area contributed by atoms with E-state index in [2.05, 4.69) is 17.9 Å². The van der Waals surface area contributed by atoms with Crippen LogP contribution in [0.2, 0.25) is 0 Å². The van der Waals surface area contributed by atoms with Crippen molar-refractivity contribution in [3.63, 3.8) is 0 Å². The van der Waals surface area contributed by atoms with Crippen LogP contribution < -0.4 is 0 Å². The van der Waals surface area contributed by atoms with Crippen molar-refractivity contribution in [3.05, 3.63) is 0 Å². The van der Waals surface area contributed by atoms with Gasteiger partial charge in [-0.15, -0.1) is 0 Å². The second kappa shape index (κ2) is 4.31. The summed E-state index contributed by atoms with van der Waals surface area (Å²) in [6.45, 7) is 3.56. The maximum Gasteiger partial charge on any atom is 0.0625 e. The van der Waals surface area contributed by atoms with Crippen LogP contribution in [-0.2, 0) is 0 Å². The normalized spacial score (nSPS) is 34.0. The van der Waals surface area contributed by atoms with E-state index in [1.807, 2.05) is 0 Å². The van der Waals surface area contributed by atoms with E-state index >= 15 is 0 Å². The summed E-state index contributed by atoms with van der Waals surface area (Å²) in [7, 11) is 0. The minimum Gasteiger partial charge on any atom is -0.297 e. The van der Waals surface area contributed by atoms with Gasteiger partial charge in [0.05, 0.1) is 6.07 Å². The fraction of sp³-hybridized carbons (Fsp3) is 0.917. The minimum absolute atomic E-state index is 0.652. The van der Waals surface area contributed by atoms with E-state index in [4.69, 9.17) is 5.26 Å². The standard InChI is InChI=1S/C12H20N2/c1-2-12-10(7-8-13)4-3-9-14(12)11-5-6-11/h10-12H,2-7,9H2,1H3. The van der Waals surface area contributed by atoms with E-state index in [0.717, 1.165) is 12.5 Å². The number of likely N-dealkylation sites (tertiary alicyclic amines) is 1. The first-order valence-corrected chi connectivity index (χ1v) is 5.99. The summed E-state index contributed by atoms with van der Waals surface area (Å²) in [5, 5.41) is 8.80. The second-order valence-electron chi connectivity index (χ2n) is 4.71. The average molecular weight is 192 g/mol. The topological polar surface area (TPSA) is 27.0 Å². The van der Waals surface area contributed by atoms with E-state index in [-0.39, 0.29) is 0 Å². The van der Waals surface area contributed by atoms with Crippen molar-refractivity contribution >= 4 is 0 Å². The summed E-state index contributed by atoms with van der Waals surface area (Å²) in [4.78, 5) is 2.69. The highest BCUT2D eigenvalue weighted by molar-refractivity contribution is 4.95. The predicted molar refractivity (Wildman–Crippen MR) is 56.8 cm³/mol. The van der Waals surface area contributed by atoms with Crippen molar-refractivity contribution in [2.45, 2.75) is 57.5 Å². The lowest BCUT2D eigenvalue weighted by Gasteiger charge is -2.40. The predicted octanol–water partition coefficient (Wildman–Crippen LogP) is 2.55. The Hall–Kier alpha value is -0.550. The molecule has 0 aromatic rings. The van der Waals surface area contributed by atoms with Crippen LogP contribution in [0.4, 0.5) is 0 Å². The Balaban J connectivity index is 1.99. The van der Waals surface area contributed by atoms with Gasteiger partial charge in [0.15, 0.2) is 0 Å². The maximum absolute atomic E-state index is 8.80. The number of hydrogen-bond donors (Lipinski definition) is 0. The van der Waals surface area contributed by atoms with Crippen molar-refractivity contribution in [2.24, 2.45) is 5.92 Å². The molecule has 2 fully saturated rings. The average Bonchev–Trinajstić information content (AvgIpc) is 3.01. The minimum atomic E-state index is 0.652. The zero-order valence-corrected chi connectivity index (χ0v) is 9.08. The summed E-state index contributed by atoms with van der Waals surface area (Å²) in [5.41, 5.74) is 0. The van der Waals surface area contributed by atoms with Crippen LogP contribution in [0, 0.1) is 17.2 Å². The van der Waals surface area contributed by atoms with Gasteiger partial charge in [0, 0.05) is 18.5 Å². The maximum atomic E-state index is 8.80. The van der Waals surface area contributed by atoms with Crippen LogP contribution in [0.25, 0.3) is 0 Å². The zero-order chi connectivity index (χ0) is 9.97. The lowest BCUT2D eigenvalue weighted by atomic mass is 9.85. The fourth-order valence-electron chi connectivity index (χ4n) is 2.95.